The summed E-state index contributed by atoms with van der Waals surface area (Å²) in [6.45, 7) is 6.04. The van der Waals surface area contributed by atoms with Crippen molar-refractivity contribution in [1.29, 1.82) is 0 Å². The molecule has 2 unspecified atom stereocenters. The smallest absolute Gasteiger partial charge is 0.235 e. The number of hydrogen-bond acceptors (Lipinski definition) is 5. The summed E-state index contributed by atoms with van der Waals surface area (Å²) in [4.78, 5) is 39.5. The lowest BCUT2D eigenvalue weighted by atomic mass is 9.62. The maximum atomic E-state index is 13.0. The van der Waals surface area contributed by atoms with Gasteiger partial charge >= 0.3 is 0 Å². The van der Waals surface area contributed by atoms with Gasteiger partial charge < -0.3 is 14.8 Å². The average Bonchev–Trinajstić information content (AvgIpc) is 2.85. The fraction of sp³-hybridized carbons (Fsp3) is 0.571. The van der Waals surface area contributed by atoms with Crippen molar-refractivity contribution in [2.24, 2.45) is 16.7 Å². The summed E-state index contributed by atoms with van der Waals surface area (Å²) in [5.41, 5.74) is -0.336. The summed E-state index contributed by atoms with van der Waals surface area (Å²) < 4.78 is 10.4. The first-order chi connectivity index (χ1) is 13.2. The van der Waals surface area contributed by atoms with E-state index in [9.17, 15) is 14.4 Å². The van der Waals surface area contributed by atoms with Crippen LogP contribution >= 0.6 is 0 Å². The highest BCUT2D eigenvalue weighted by molar-refractivity contribution is 6.04. The summed E-state index contributed by atoms with van der Waals surface area (Å²) in [6, 6.07) is 5.07. The van der Waals surface area contributed by atoms with E-state index >= 15 is 0 Å². The van der Waals surface area contributed by atoms with Crippen molar-refractivity contribution in [3.63, 3.8) is 0 Å². The molecule has 7 heteroatoms. The second kappa shape index (κ2) is 7.11. The van der Waals surface area contributed by atoms with Crippen LogP contribution in [-0.2, 0) is 14.4 Å². The molecule has 3 rings (SSSR count). The molecule has 1 aliphatic carbocycles. The Morgan fingerprint density at radius 2 is 1.86 bits per heavy atom. The molecule has 1 saturated carbocycles. The van der Waals surface area contributed by atoms with E-state index in [-0.39, 0.29) is 42.0 Å². The number of carbonyl (C=O) groups excluding carboxylic acids is 3. The monoisotopic (exact) mass is 388 g/mol. The Labute approximate surface area is 165 Å². The molecule has 28 heavy (non-hydrogen) atoms. The van der Waals surface area contributed by atoms with E-state index in [2.05, 4.69) is 5.32 Å². The van der Waals surface area contributed by atoms with E-state index in [1.54, 1.807) is 18.2 Å². The number of carbonyl (C=O) groups is 3. The number of anilines is 1. The van der Waals surface area contributed by atoms with Gasteiger partial charge in [-0.25, -0.2) is 0 Å². The predicted molar refractivity (Wildman–Crippen MR) is 104 cm³/mol. The zero-order chi connectivity index (χ0) is 20.7. The second-order valence-corrected chi connectivity index (χ2v) is 8.31. The van der Waals surface area contributed by atoms with Gasteiger partial charge in [-0.05, 0) is 30.4 Å². The van der Waals surface area contributed by atoms with Crippen molar-refractivity contribution < 1.29 is 23.9 Å². The van der Waals surface area contributed by atoms with Gasteiger partial charge in [-0.1, -0.05) is 20.8 Å². The van der Waals surface area contributed by atoms with Gasteiger partial charge in [-0.3, -0.25) is 19.3 Å². The fourth-order valence-electron chi connectivity index (χ4n) is 4.46. The maximum absolute atomic E-state index is 13.0. The molecule has 0 spiro atoms. The first-order valence-electron chi connectivity index (χ1n) is 9.53. The van der Waals surface area contributed by atoms with Gasteiger partial charge in [0.2, 0.25) is 17.7 Å². The van der Waals surface area contributed by atoms with Crippen LogP contribution in [0.2, 0.25) is 0 Å². The standard InChI is InChI=1S/C21H28N2O5/c1-20(2)14-8-10-21(20,3)19(26)23(18(14)25)11-9-17(24)22-13-6-7-15(27-4)16(12-13)28-5/h6-7,12,14H,8-11H2,1-5H3,(H,22,24). The van der Waals surface area contributed by atoms with E-state index in [0.29, 0.717) is 23.6 Å². The van der Waals surface area contributed by atoms with E-state index in [0.717, 1.165) is 6.42 Å². The highest BCUT2D eigenvalue weighted by atomic mass is 16.5. The van der Waals surface area contributed by atoms with Gasteiger partial charge in [0.15, 0.2) is 11.5 Å². The van der Waals surface area contributed by atoms with Gasteiger partial charge in [0.25, 0.3) is 0 Å². The lowest BCUT2D eigenvalue weighted by Crippen LogP contribution is -2.59. The Bertz CT molecular complexity index is 819. The zero-order valence-corrected chi connectivity index (χ0v) is 17.1. The quantitative estimate of drug-likeness (QED) is 0.758. The van der Waals surface area contributed by atoms with Crippen molar-refractivity contribution in [2.45, 2.75) is 40.0 Å². The lowest BCUT2D eigenvalue weighted by Gasteiger charge is -2.47. The molecule has 1 aliphatic heterocycles. The van der Waals surface area contributed by atoms with Crippen LogP contribution in [0.1, 0.15) is 40.0 Å². The number of amides is 3. The minimum atomic E-state index is -0.550. The Morgan fingerprint density at radius 1 is 1.18 bits per heavy atom. The molecule has 1 aromatic rings. The van der Waals surface area contributed by atoms with Crippen molar-refractivity contribution in [2.75, 3.05) is 26.1 Å². The van der Waals surface area contributed by atoms with Crippen molar-refractivity contribution in [3.05, 3.63) is 18.2 Å². The van der Waals surface area contributed by atoms with Crippen molar-refractivity contribution in [3.8, 4) is 11.5 Å². The predicted octanol–water partition coefficient (Wildman–Crippen LogP) is 2.84. The number of piperidine rings is 1. The zero-order valence-electron chi connectivity index (χ0n) is 17.1. The van der Waals surface area contributed by atoms with E-state index < -0.39 is 5.41 Å². The molecule has 2 fully saturated rings. The molecule has 1 aromatic carbocycles. The molecule has 0 aromatic heterocycles. The minimum Gasteiger partial charge on any atom is -0.493 e. The third-order valence-electron chi connectivity index (χ3n) is 6.74. The number of ether oxygens (including phenoxy) is 2. The van der Waals surface area contributed by atoms with Crippen LogP contribution in [0.5, 0.6) is 11.5 Å². The number of methoxy groups -OCH3 is 2. The van der Waals surface area contributed by atoms with Crippen LogP contribution in [0.3, 0.4) is 0 Å². The Hall–Kier alpha value is -2.57. The van der Waals surface area contributed by atoms with Crippen LogP contribution in [0.25, 0.3) is 0 Å². The normalized spacial score (nSPS) is 25.6. The molecule has 1 saturated heterocycles. The second-order valence-electron chi connectivity index (χ2n) is 8.31. The average molecular weight is 388 g/mol. The van der Waals surface area contributed by atoms with Crippen LogP contribution in [0, 0.1) is 16.7 Å². The minimum absolute atomic E-state index is 0.0506. The molecule has 2 aliphatic rings. The van der Waals surface area contributed by atoms with Crippen LogP contribution in [0.4, 0.5) is 5.69 Å². The van der Waals surface area contributed by atoms with Crippen LogP contribution in [0.15, 0.2) is 18.2 Å². The molecule has 2 atom stereocenters. The summed E-state index contributed by atoms with van der Waals surface area (Å²) in [7, 11) is 3.06. The fourth-order valence-corrected chi connectivity index (χ4v) is 4.46. The third kappa shape index (κ3) is 3.02. The third-order valence-corrected chi connectivity index (χ3v) is 6.74. The highest BCUT2D eigenvalue weighted by Gasteiger charge is 2.64. The van der Waals surface area contributed by atoms with Gasteiger partial charge in [0.1, 0.15) is 0 Å². The van der Waals surface area contributed by atoms with E-state index in [1.807, 2.05) is 20.8 Å². The van der Waals surface area contributed by atoms with Gasteiger partial charge in [-0.2, -0.15) is 0 Å². The van der Waals surface area contributed by atoms with Crippen LogP contribution < -0.4 is 14.8 Å². The van der Waals surface area contributed by atoms with Gasteiger partial charge in [0, 0.05) is 30.6 Å². The van der Waals surface area contributed by atoms with E-state index in [1.165, 1.54) is 19.1 Å². The van der Waals surface area contributed by atoms with Gasteiger partial charge in [0.05, 0.1) is 19.6 Å². The number of likely N-dealkylation sites (tertiary alicyclic amines) is 1. The molecule has 1 heterocycles. The Kier molecular flexibility index (Phi) is 5.12. The maximum Gasteiger partial charge on any atom is 0.235 e. The molecule has 0 radical (unpaired) electrons. The summed E-state index contributed by atoms with van der Waals surface area (Å²) >= 11 is 0. The number of benzene rings is 1. The number of nitrogens with one attached hydrogen (secondary N) is 1. The number of hydrogen-bond donors (Lipinski definition) is 1. The first-order valence-corrected chi connectivity index (χ1v) is 9.53. The Balaban J connectivity index is 1.65. The molecule has 2 bridgehead atoms. The molecule has 1 N–H and O–H groups in total. The molecule has 7 nitrogen and oxygen atoms in total. The first kappa shape index (κ1) is 20.2. The van der Waals surface area contributed by atoms with Gasteiger partial charge in [-0.15, -0.1) is 0 Å². The largest absolute Gasteiger partial charge is 0.493 e. The number of imide groups is 1. The topological polar surface area (TPSA) is 84.9 Å². The Morgan fingerprint density at radius 3 is 2.50 bits per heavy atom. The summed E-state index contributed by atoms with van der Waals surface area (Å²) in [5, 5.41) is 2.78. The van der Waals surface area contributed by atoms with Crippen molar-refractivity contribution in [1.82, 2.24) is 4.90 Å². The summed E-state index contributed by atoms with van der Waals surface area (Å²) in [6.07, 6.45) is 1.49. The molecule has 152 valence electrons. The number of fused-ring (bicyclic) bond motifs is 2. The number of rotatable bonds is 6. The SMILES string of the molecule is COc1ccc(NC(=O)CCN2C(=O)C3CCC(C)(C2=O)C3(C)C)cc1OC. The summed E-state index contributed by atoms with van der Waals surface area (Å²) in [5.74, 6) is 0.336. The van der Waals surface area contributed by atoms with Crippen molar-refractivity contribution >= 4 is 23.4 Å². The number of nitrogens with zero attached hydrogens (tertiary/aromatic N) is 1. The van der Waals surface area contributed by atoms with Crippen LogP contribution in [-0.4, -0.2) is 43.4 Å². The van der Waals surface area contributed by atoms with E-state index in [4.69, 9.17) is 9.47 Å². The lowest BCUT2D eigenvalue weighted by molar-refractivity contribution is -0.167. The molecule has 3 amide bonds. The highest BCUT2D eigenvalue weighted by Crippen LogP contribution is 2.60. The molecular formula is C21H28N2O5. The molecular weight excluding hydrogens is 360 g/mol.